The molecular weight excluding hydrogens is 282 g/mol. The Morgan fingerprint density at radius 2 is 2.23 bits per heavy atom. The number of amides is 1. The Morgan fingerprint density at radius 3 is 2.82 bits per heavy atom. The lowest BCUT2D eigenvalue weighted by atomic mass is 9.88. The van der Waals surface area contributed by atoms with Crippen LogP contribution >= 0.6 is 0 Å². The van der Waals surface area contributed by atoms with Gasteiger partial charge in [-0.2, -0.15) is 5.10 Å². The van der Waals surface area contributed by atoms with Crippen LogP contribution in [0.1, 0.15) is 58.6 Å². The molecule has 0 aromatic carbocycles. The Labute approximate surface area is 131 Å². The number of alkyl carbamates (subject to hydrolysis) is 1. The van der Waals surface area contributed by atoms with Crippen molar-refractivity contribution in [3.63, 3.8) is 0 Å². The van der Waals surface area contributed by atoms with Crippen molar-refractivity contribution >= 4 is 6.09 Å². The smallest absolute Gasteiger partial charge is 0.407 e. The monoisotopic (exact) mass is 309 g/mol. The Kier molecular flexibility index (Phi) is 5.11. The number of hydrogen-bond donors (Lipinski definition) is 2. The largest absolute Gasteiger partial charge is 0.444 e. The van der Waals surface area contributed by atoms with Gasteiger partial charge >= 0.3 is 6.09 Å². The summed E-state index contributed by atoms with van der Waals surface area (Å²) in [6.07, 6.45) is 5.96. The van der Waals surface area contributed by atoms with Crippen molar-refractivity contribution in [3.8, 4) is 0 Å². The van der Waals surface area contributed by atoms with Crippen LogP contribution in [0, 0.1) is 0 Å². The SMILES string of the molecule is CCc1cnn(C2CC(O)CCC2NC(=O)OC(C)(C)C)c1. The molecule has 1 amide bonds. The van der Waals surface area contributed by atoms with E-state index in [1.807, 2.05) is 37.8 Å². The van der Waals surface area contributed by atoms with Gasteiger partial charge in [0, 0.05) is 6.20 Å². The van der Waals surface area contributed by atoms with E-state index in [1.165, 1.54) is 0 Å². The predicted octanol–water partition coefficient (Wildman–Crippen LogP) is 2.42. The van der Waals surface area contributed by atoms with Crippen LogP contribution in [0.2, 0.25) is 0 Å². The summed E-state index contributed by atoms with van der Waals surface area (Å²) in [6.45, 7) is 7.61. The second kappa shape index (κ2) is 6.69. The van der Waals surface area contributed by atoms with Crippen molar-refractivity contribution in [1.29, 1.82) is 0 Å². The van der Waals surface area contributed by atoms with Gasteiger partial charge in [-0.25, -0.2) is 4.79 Å². The number of aromatic nitrogens is 2. The molecule has 2 N–H and O–H groups in total. The second-order valence-electron chi connectivity index (χ2n) is 6.97. The molecule has 0 bridgehead atoms. The molecule has 1 aliphatic rings. The number of ether oxygens (including phenoxy) is 1. The molecule has 1 aromatic heterocycles. The maximum absolute atomic E-state index is 12.0. The lowest BCUT2D eigenvalue weighted by Crippen LogP contribution is -2.47. The molecule has 1 fully saturated rings. The fourth-order valence-corrected chi connectivity index (χ4v) is 2.79. The number of carbonyl (C=O) groups excluding carboxylic acids is 1. The first-order chi connectivity index (χ1) is 10.3. The van der Waals surface area contributed by atoms with Gasteiger partial charge in [0.2, 0.25) is 0 Å². The number of nitrogens with zero attached hydrogens (tertiary/aromatic N) is 2. The summed E-state index contributed by atoms with van der Waals surface area (Å²) in [4.78, 5) is 12.0. The maximum atomic E-state index is 12.0. The quantitative estimate of drug-likeness (QED) is 0.899. The summed E-state index contributed by atoms with van der Waals surface area (Å²) in [5, 5.41) is 17.3. The van der Waals surface area contributed by atoms with Gasteiger partial charge < -0.3 is 15.2 Å². The van der Waals surface area contributed by atoms with Crippen LogP contribution in [-0.2, 0) is 11.2 Å². The lowest BCUT2D eigenvalue weighted by Gasteiger charge is -2.35. The number of rotatable bonds is 3. The number of aryl methyl sites for hydroxylation is 1. The highest BCUT2D eigenvalue weighted by molar-refractivity contribution is 5.68. The summed E-state index contributed by atoms with van der Waals surface area (Å²) >= 11 is 0. The Morgan fingerprint density at radius 1 is 1.50 bits per heavy atom. The Hall–Kier alpha value is -1.56. The zero-order chi connectivity index (χ0) is 16.3. The Balaban J connectivity index is 2.08. The van der Waals surface area contributed by atoms with E-state index >= 15 is 0 Å². The molecule has 1 aliphatic carbocycles. The minimum absolute atomic E-state index is 0.0448. The van der Waals surface area contributed by atoms with E-state index in [1.54, 1.807) is 0 Å². The third-order valence-corrected chi connectivity index (χ3v) is 3.89. The molecule has 3 unspecified atom stereocenters. The summed E-state index contributed by atoms with van der Waals surface area (Å²) < 4.78 is 7.20. The van der Waals surface area contributed by atoms with Crippen molar-refractivity contribution in [3.05, 3.63) is 18.0 Å². The van der Waals surface area contributed by atoms with E-state index in [0.29, 0.717) is 19.3 Å². The van der Waals surface area contributed by atoms with Crippen LogP contribution in [0.4, 0.5) is 4.79 Å². The molecule has 0 saturated heterocycles. The first kappa shape index (κ1) is 16.8. The highest BCUT2D eigenvalue weighted by Crippen LogP contribution is 2.29. The van der Waals surface area contributed by atoms with Crippen molar-refractivity contribution in [1.82, 2.24) is 15.1 Å². The molecular formula is C16H27N3O3. The molecule has 22 heavy (non-hydrogen) atoms. The normalized spacial score (nSPS) is 25.8. The molecule has 1 aromatic rings. The molecule has 3 atom stereocenters. The van der Waals surface area contributed by atoms with Crippen molar-refractivity contribution in [2.24, 2.45) is 0 Å². The summed E-state index contributed by atoms with van der Waals surface area (Å²) in [5.74, 6) is 0. The average Bonchev–Trinajstić information content (AvgIpc) is 2.87. The van der Waals surface area contributed by atoms with Crippen LogP contribution in [0.15, 0.2) is 12.4 Å². The molecule has 0 radical (unpaired) electrons. The van der Waals surface area contributed by atoms with E-state index in [2.05, 4.69) is 17.3 Å². The third kappa shape index (κ3) is 4.47. The minimum atomic E-state index is -0.519. The summed E-state index contributed by atoms with van der Waals surface area (Å²) in [6, 6.07) is -0.126. The zero-order valence-corrected chi connectivity index (χ0v) is 13.9. The van der Waals surface area contributed by atoms with Gasteiger partial charge in [0.15, 0.2) is 0 Å². The maximum Gasteiger partial charge on any atom is 0.407 e. The highest BCUT2D eigenvalue weighted by Gasteiger charge is 2.33. The van der Waals surface area contributed by atoms with Gasteiger partial charge in [0.1, 0.15) is 5.60 Å². The molecule has 124 valence electrons. The minimum Gasteiger partial charge on any atom is -0.444 e. The molecule has 1 heterocycles. The number of hydrogen-bond acceptors (Lipinski definition) is 4. The van der Waals surface area contributed by atoms with Gasteiger partial charge in [0.25, 0.3) is 0 Å². The zero-order valence-electron chi connectivity index (χ0n) is 13.9. The first-order valence-electron chi connectivity index (χ1n) is 7.99. The number of nitrogens with one attached hydrogen (secondary N) is 1. The van der Waals surface area contributed by atoms with Gasteiger partial charge in [-0.15, -0.1) is 0 Å². The van der Waals surface area contributed by atoms with Crippen molar-refractivity contribution < 1.29 is 14.6 Å². The van der Waals surface area contributed by atoms with E-state index in [-0.39, 0.29) is 18.2 Å². The van der Waals surface area contributed by atoms with Crippen LogP contribution in [0.25, 0.3) is 0 Å². The number of aliphatic hydroxyl groups is 1. The fraction of sp³-hybridized carbons (Fsp3) is 0.750. The molecule has 6 nitrogen and oxygen atoms in total. The van der Waals surface area contributed by atoms with E-state index in [0.717, 1.165) is 12.0 Å². The van der Waals surface area contributed by atoms with E-state index in [9.17, 15) is 9.90 Å². The molecule has 2 rings (SSSR count). The van der Waals surface area contributed by atoms with Crippen molar-refractivity contribution in [2.45, 2.75) is 77.2 Å². The molecule has 1 saturated carbocycles. The van der Waals surface area contributed by atoms with Gasteiger partial charge in [0.05, 0.1) is 24.4 Å². The van der Waals surface area contributed by atoms with E-state index < -0.39 is 11.7 Å². The van der Waals surface area contributed by atoms with Crippen LogP contribution in [-0.4, -0.2) is 38.7 Å². The number of carbonyl (C=O) groups is 1. The standard InChI is InChI=1S/C16H27N3O3/c1-5-11-9-17-19(10-11)14-8-12(20)6-7-13(14)18-15(21)22-16(2,3)4/h9-10,12-14,20H,5-8H2,1-4H3,(H,18,21). The second-order valence-corrected chi connectivity index (χ2v) is 6.97. The molecule has 6 heteroatoms. The predicted molar refractivity (Wildman–Crippen MR) is 83.7 cm³/mol. The molecule has 0 aliphatic heterocycles. The first-order valence-corrected chi connectivity index (χ1v) is 7.99. The van der Waals surface area contributed by atoms with Gasteiger partial charge in [-0.1, -0.05) is 6.92 Å². The average molecular weight is 309 g/mol. The molecule has 0 spiro atoms. The van der Waals surface area contributed by atoms with Crippen molar-refractivity contribution in [2.75, 3.05) is 0 Å². The van der Waals surface area contributed by atoms with Crippen LogP contribution < -0.4 is 5.32 Å². The summed E-state index contributed by atoms with van der Waals surface area (Å²) in [5.41, 5.74) is 0.630. The third-order valence-electron chi connectivity index (χ3n) is 3.89. The van der Waals surface area contributed by atoms with Gasteiger partial charge in [-0.3, -0.25) is 4.68 Å². The van der Waals surface area contributed by atoms with E-state index in [4.69, 9.17) is 4.74 Å². The topological polar surface area (TPSA) is 76.4 Å². The lowest BCUT2D eigenvalue weighted by molar-refractivity contribution is 0.0387. The van der Waals surface area contributed by atoms with Gasteiger partial charge in [-0.05, 0) is 52.0 Å². The van der Waals surface area contributed by atoms with Crippen LogP contribution in [0.3, 0.4) is 0 Å². The number of aliphatic hydroxyl groups excluding tert-OH is 1. The van der Waals surface area contributed by atoms with Crippen LogP contribution in [0.5, 0.6) is 0 Å². The summed E-state index contributed by atoms with van der Waals surface area (Å²) in [7, 11) is 0. The Bertz CT molecular complexity index is 507. The fourth-order valence-electron chi connectivity index (χ4n) is 2.79. The highest BCUT2D eigenvalue weighted by atomic mass is 16.6.